The van der Waals surface area contributed by atoms with Gasteiger partial charge >= 0.3 is 5.97 Å². The van der Waals surface area contributed by atoms with Gasteiger partial charge in [0.1, 0.15) is 23.4 Å². The van der Waals surface area contributed by atoms with Crippen molar-refractivity contribution in [3.05, 3.63) is 70.8 Å². The zero-order valence-corrected chi connectivity index (χ0v) is 16.9. The van der Waals surface area contributed by atoms with E-state index in [0.29, 0.717) is 29.4 Å². The lowest BCUT2D eigenvalue weighted by atomic mass is 10.2. The third kappa shape index (κ3) is 4.36. The van der Waals surface area contributed by atoms with Crippen LogP contribution < -0.4 is 10.1 Å². The van der Waals surface area contributed by atoms with Gasteiger partial charge in [0.25, 0.3) is 5.91 Å². The van der Waals surface area contributed by atoms with Gasteiger partial charge in [-0.3, -0.25) is 4.79 Å². The van der Waals surface area contributed by atoms with Crippen molar-refractivity contribution in [2.24, 2.45) is 0 Å². The minimum atomic E-state index is -0.650. The smallest absolute Gasteiger partial charge is 0.338 e. The van der Waals surface area contributed by atoms with Crippen LogP contribution in [0.2, 0.25) is 0 Å². The molecule has 1 amide bonds. The van der Waals surface area contributed by atoms with E-state index < -0.39 is 18.5 Å². The molecule has 0 aliphatic rings. The van der Waals surface area contributed by atoms with Gasteiger partial charge in [-0.25, -0.2) is 4.79 Å². The number of nitriles is 1. The molecule has 0 radical (unpaired) electrons. The highest BCUT2D eigenvalue weighted by Gasteiger charge is 2.21. The summed E-state index contributed by atoms with van der Waals surface area (Å²) in [5.74, 6) is 0.321. The molecule has 0 saturated carbocycles. The Morgan fingerprint density at radius 3 is 2.70 bits per heavy atom. The van der Waals surface area contributed by atoms with Gasteiger partial charge in [-0.05, 0) is 49.7 Å². The van der Waals surface area contributed by atoms with E-state index in [-0.39, 0.29) is 5.56 Å². The largest absolute Gasteiger partial charge is 0.497 e. The van der Waals surface area contributed by atoms with E-state index in [0.717, 1.165) is 11.3 Å². The molecular formula is C22H21N3O5. The van der Waals surface area contributed by atoms with E-state index in [1.165, 1.54) is 13.2 Å². The van der Waals surface area contributed by atoms with Crippen molar-refractivity contribution in [2.45, 2.75) is 20.4 Å². The molecule has 0 aliphatic heterocycles. The van der Waals surface area contributed by atoms with Gasteiger partial charge < -0.3 is 23.8 Å². The number of carbonyl (C=O) groups excluding carboxylic acids is 2. The number of hydrogen-bond acceptors (Lipinski definition) is 6. The van der Waals surface area contributed by atoms with Gasteiger partial charge in [-0.15, -0.1) is 0 Å². The van der Waals surface area contributed by atoms with Crippen molar-refractivity contribution in [3.8, 4) is 11.8 Å². The first-order valence-corrected chi connectivity index (χ1v) is 9.17. The molecule has 3 rings (SSSR count). The third-order valence-electron chi connectivity index (χ3n) is 4.73. The quantitative estimate of drug-likeness (QED) is 0.602. The van der Waals surface area contributed by atoms with Gasteiger partial charge in [0.15, 0.2) is 6.61 Å². The van der Waals surface area contributed by atoms with Crippen molar-refractivity contribution in [2.75, 3.05) is 19.0 Å². The second kappa shape index (κ2) is 9.01. The summed E-state index contributed by atoms with van der Waals surface area (Å²) < 4.78 is 17.3. The van der Waals surface area contributed by atoms with Gasteiger partial charge in [0.2, 0.25) is 0 Å². The summed E-state index contributed by atoms with van der Waals surface area (Å²) in [5, 5.41) is 12.2. The molecular weight excluding hydrogens is 386 g/mol. The topological polar surface area (TPSA) is 106 Å². The van der Waals surface area contributed by atoms with Crippen molar-refractivity contribution < 1.29 is 23.5 Å². The maximum Gasteiger partial charge on any atom is 0.338 e. The lowest BCUT2D eigenvalue weighted by molar-refractivity contribution is -0.119. The van der Waals surface area contributed by atoms with Crippen LogP contribution in [0.25, 0.3) is 0 Å². The van der Waals surface area contributed by atoms with E-state index in [9.17, 15) is 14.9 Å². The monoisotopic (exact) mass is 407 g/mol. The Morgan fingerprint density at radius 1 is 1.23 bits per heavy atom. The highest BCUT2D eigenvalue weighted by Crippen LogP contribution is 2.27. The molecule has 1 aromatic carbocycles. The van der Waals surface area contributed by atoms with Crippen LogP contribution in [0.4, 0.5) is 5.82 Å². The molecule has 2 aromatic heterocycles. The standard InChI is InChI=1S/C22H21N3O5/c1-14-15(2)25(12-18-8-5-9-29-18)21(19(14)11-23)24-20(26)13-30-22(27)16-6-4-7-17(10-16)28-3/h4-10H,12-13H2,1-3H3,(H,24,26). The molecule has 8 nitrogen and oxygen atoms in total. The predicted molar refractivity (Wildman–Crippen MR) is 108 cm³/mol. The number of anilines is 1. The molecule has 0 fully saturated rings. The first-order chi connectivity index (χ1) is 14.4. The van der Waals surface area contributed by atoms with Crippen LogP contribution in [0.5, 0.6) is 5.75 Å². The molecule has 154 valence electrons. The number of aromatic nitrogens is 1. The molecule has 1 N–H and O–H groups in total. The summed E-state index contributed by atoms with van der Waals surface area (Å²) in [6.45, 7) is 3.52. The number of benzene rings is 1. The normalized spacial score (nSPS) is 10.3. The summed E-state index contributed by atoms with van der Waals surface area (Å²) in [7, 11) is 1.49. The fourth-order valence-electron chi connectivity index (χ4n) is 3.02. The lowest BCUT2D eigenvalue weighted by Crippen LogP contribution is -2.23. The van der Waals surface area contributed by atoms with Crippen LogP contribution in [0.15, 0.2) is 47.1 Å². The number of rotatable bonds is 7. The molecule has 0 unspecified atom stereocenters. The number of nitrogens with zero attached hydrogens (tertiary/aromatic N) is 2. The fourth-order valence-corrected chi connectivity index (χ4v) is 3.02. The Labute approximate surface area is 173 Å². The molecule has 0 bridgehead atoms. The Kier molecular flexibility index (Phi) is 6.23. The van der Waals surface area contributed by atoms with Crippen molar-refractivity contribution in [3.63, 3.8) is 0 Å². The first-order valence-electron chi connectivity index (χ1n) is 9.17. The minimum absolute atomic E-state index is 0.271. The summed E-state index contributed by atoms with van der Waals surface area (Å²) in [4.78, 5) is 24.7. The Bertz CT molecular complexity index is 1110. The van der Waals surface area contributed by atoms with Crippen LogP contribution in [-0.2, 0) is 16.1 Å². The fraction of sp³-hybridized carbons (Fsp3) is 0.227. The molecule has 0 atom stereocenters. The molecule has 8 heteroatoms. The zero-order chi connectivity index (χ0) is 21.7. The Morgan fingerprint density at radius 2 is 2.03 bits per heavy atom. The van der Waals surface area contributed by atoms with E-state index in [1.54, 1.807) is 35.1 Å². The lowest BCUT2D eigenvalue weighted by Gasteiger charge is -2.12. The van der Waals surface area contributed by atoms with E-state index in [4.69, 9.17) is 13.9 Å². The van der Waals surface area contributed by atoms with E-state index in [1.807, 2.05) is 19.9 Å². The number of hydrogen-bond donors (Lipinski definition) is 1. The molecule has 0 saturated heterocycles. The summed E-state index contributed by atoms with van der Waals surface area (Å²) in [6, 6.07) is 12.1. The maximum absolute atomic E-state index is 12.5. The molecule has 30 heavy (non-hydrogen) atoms. The van der Waals surface area contributed by atoms with Crippen molar-refractivity contribution >= 4 is 17.7 Å². The second-order valence-electron chi connectivity index (χ2n) is 6.57. The third-order valence-corrected chi connectivity index (χ3v) is 4.73. The van der Waals surface area contributed by atoms with Crippen LogP contribution in [-0.4, -0.2) is 30.2 Å². The average Bonchev–Trinajstić information content (AvgIpc) is 3.35. The van der Waals surface area contributed by atoms with Gasteiger partial charge in [0, 0.05) is 5.69 Å². The number of furan rings is 1. The number of nitrogens with one attached hydrogen (secondary N) is 1. The molecule has 0 spiro atoms. The zero-order valence-electron chi connectivity index (χ0n) is 16.9. The van der Waals surface area contributed by atoms with E-state index in [2.05, 4.69) is 11.4 Å². The summed E-state index contributed by atoms with van der Waals surface area (Å²) in [6.07, 6.45) is 1.56. The van der Waals surface area contributed by atoms with Crippen LogP contribution in [0.1, 0.15) is 32.9 Å². The van der Waals surface area contributed by atoms with Crippen LogP contribution in [0, 0.1) is 25.2 Å². The van der Waals surface area contributed by atoms with Crippen LogP contribution in [0.3, 0.4) is 0 Å². The average molecular weight is 407 g/mol. The predicted octanol–water partition coefficient (Wildman–Crippen LogP) is 3.42. The van der Waals surface area contributed by atoms with Gasteiger partial charge in [-0.1, -0.05) is 6.07 Å². The van der Waals surface area contributed by atoms with Crippen molar-refractivity contribution in [1.29, 1.82) is 5.26 Å². The second-order valence-corrected chi connectivity index (χ2v) is 6.57. The Hall–Kier alpha value is -3.99. The highest BCUT2D eigenvalue weighted by molar-refractivity contribution is 5.96. The SMILES string of the molecule is COc1cccc(C(=O)OCC(=O)Nc2c(C#N)c(C)c(C)n2Cc2ccco2)c1. The number of carbonyl (C=O) groups is 2. The Balaban J connectivity index is 1.73. The first kappa shape index (κ1) is 20.7. The molecule has 3 aromatic rings. The van der Waals surface area contributed by atoms with Crippen molar-refractivity contribution in [1.82, 2.24) is 4.57 Å². The number of esters is 1. The molecule has 2 heterocycles. The highest BCUT2D eigenvalue weighted by atomic mass is 16.5. The maximum atomic E-state index is 12.5. The number of amides is 1. The van der Waals surface area contributed by atoms with Gasteiger partial charge in [-0.2, -0.15) is 5.26 Å². The summed E-state index contributed by atoms with van der Waals surface area (Å²) in [5.41, 5.74) is 2.21. The minimum Gasteiger partial charge on any atom is -0.497 e. The van der Waals surface area contributed by atoms with Crippen LogP contribution >= 0.6 is 0 Å². The summed E-state index contributed by atoms with van der Waals surface area (Å²) >= 11 is 0. The van der Waals surface area contributed by atoms with Gasteiger partial charge in [0.05, 0.1) is 31.0 Å². The number of ether oxygens (including phenoxy) is 2. The number of methoxy groups -OCH3 is 1. The van der Waals surface area contributed by atoms with E-state index >= 15 is 0 Å². The molecule has 0 aliphatic carbocycles.